The van der Waals surface area contributed by atoms with Crippen molar-refractivity contribution < 1.29 is 9.84 Å². The molecule has 1 aromatic rings. The molecular formula is C7H8NO2. The van der Waals surface area contributed by atoms with Gasteiger partial charge in [0.15, 0.2) is 11.5 Å². The van der Waals surface area contributed by atoms with Crippen LogP contribution in [0.4, 0.5) is 0 Å². The summed E-state index contributed by atoms with van der Waals surface area (Å²) in [5.41, 5.74) is 0.333. The quantitative estimate of drug-likeness (QED) is 0.629. The smallest absolute Gasteiger partial charge is 0.179 e. The van der Waals surface area contributed by atoms with Gasteiger partial charge >= 0.3 is 0 Å². The minimum Gasteiger partial charge on any atom is -0.503 e. The van der Waals surface area contributed by atoms with Crippen LogP contribution in [0.25, 0.3) is 0 Å². The molecule has 0 aliphatic rings. The molecule has 1 heterocycles. The van der Waals surface area contributed by atoms with Crippen LogP contribution in [0.1, 0.15) is 5.69 Å². The van der Waals surface area contributed by atoms with E-state index in [1.54, 1.807) is 6.07 Å². The maximum Gasteiger partial charge on any atom is 0.179 e. The first-order chi connectivity index (χ1) is 4.75. The number of aromatic hydroxyl groups is 1. The van der Waals surface area contributed by atoms with Crippen molar-refractivity contribution >= 4 is 0 Å². The number of aromatic nitrogens is 1. The monoisotopic (exact) mass is 138 g/mol. The molecule has 10 heavy (non-hydrogen) atoms. The topological polar surface area (TPSA) is 42.4 Å². The summed E-state index contributed by atoms with van der Waals surface area (Å²) in [4.78, 5) is 3.75. The lowest BCUT2D eigenvalue weighted by Crippen LogP contribution is -1.87. The molecule has 0 saturated heterocycles. The summed E-state index contributed by atoms with van der Waals surface area (Å²) in [5.74, 6) is 0.407. The summed E-state index contributed by atoms with van der Waals surface area (Å²) in [7, 11) is 1.48. The molecule has 0 unspecified atom stereocenters. The summed E-state index contributed by atoms with van der Waals surface area (Å²) in [5, 5.41) is 9.15. The Morgan fingerprint density at radius 2 is 2.40 bits per heavy atom. The minimum absolute atomic E-state index is 0.00463. The summed E-state index contributed by atoms with van der Waals surface area (Å²) in [6.07, 6.45) is 1.53. The predicted octanol–water partition coefficient (Wildman–Crippen LogP) is 0.978. The predicted molar refractivity (Wildman–Crippen MR) is 36.9 cm³/mol. The van der Waals surface area contributed by atoms with Crippen LogP contribution in [0.2, 0.25) is 0 Å². The van der Waals surface area contributed by atoms with E-state index in [-0.39, 0.29) is 5.75 Å². The summed E-state index contributed by atoms with van der Waals surface area (Å²) < 4.78 is 4.80. The number of hydrogen-bond acceptors (Lipinski definition) is 3. The van der Waals surface area contributed by atoms with E-state index in [1.807, 2.05) is 0 Å². The van der Waals surface area contributed by atoms with E-state index >= 15 is 0 Å². The normalized spacial score (nSPS) is 9.40. The third-order valence-corrected chi connectivity index (χ3v) is 1.18. The van der Waals surface area contributed by atoms with Crippen molar-refractivity contribution in [2.24, 2.45) is 0 Å². The van der Waals surface area contributed by atoms with Crippen molar-refractivity contribution in [3.63, 3.8) is 0 Å². The van der Waals surface area contributed by atoms with Gasteiger partial charge in [0.25, 0.3) is 0 Å². The average molecular weight is 138 g/mol. The standard InChI is InChI=1S/C7H8NO2/c1-5-7(9)6(10-2)3-4-8-5/h3-4,9H,1H2,2H3. The van der Waals surface area contributed by atoms with Crippen LogP contribution in [0.3, 0.4) is 0 Å². The van der Waals surface area contributed by atoms with Gasteiger partial charge in [-0.2, -0.15) is 0 Å². The second kappa shape index (κ2) is 2.56. The van der Waals surface area contributed by atoms with Gasteiger partial charge in [-0.05, 0) is 6.92 Å². The van der Waals surface area contributed by atoms with Gasteiger partial charge in [-0.1, -0.05) is 0 Å². The summed E-state index contributed by atoms with van der Waals surface area (Å²) in [6, 6.07) is 1.57. The SMILES string of the molecule is [CH2]c1nccc(OC)c1O. The van der Waals surface area contributed by atoms with Crippen LogP contribution in [0, 0.1) is 6.92 Å². The average Bonchev–Trinajstić information content (AvgIpc) is 1.95. The van der Waals surface area contributed by atoms with Gasteiger partial charge in [0, 0.05) is 12.3 Å². The van der Waals surface area contributed by atoms with E-state index in [0.29, 0.717) is 11.4 Å². The van der Waals surface area contributed by atoms with Gasteiger partial charge in [-0.25, -0.2) is 0 Å². The van der Waals surface area contributed by atoms with Crippen molar-refractivity contribution in [1.82, 2.24) is 4.98 Å². The van der Waals surface area contributed by atoms with Crippen LogP contribution in [0.15, 0.2) is 12.3 Å². The van der Waals surface area contributed by atoms with Gasteiger partial charge in [0.05, 0.1) is 12.8 Å². The molecule has 0 aromatic carbocycles. The van der Waals surface area contributed by atoms with Gasteiger partial charge in [0.1, 0.15) is 0 Å². The number of methoxy groups -OCH3 is 1. The fraction of sp³-hybridized carbons (Fsp3) is 0.143. The van der Waals surface area contributed by atoms with E-state index in [9.17, 15) is 0 Å². The van der Waals surface area contributed by atoms with E-state index < -0.39 is 0 Å². The number of ether oxygens (including phenoxy) is 1. The Labute approximate surface area is 59.3 Å². The number of pyridine rings is 1. The molecule has 1 N–H and O–H groups in total. The van der Waals surface area contributed by atoms with Crippen molar-refractivity contribution in [2.45, 2.75) is 0 Å². The lowest BCUT2D eigenvalue weighted by molar-refractivity contribution is 0.370. The first-order valence-electron chi connectivity index (χ1n) is 2.79. The zero-order chi connectivity index (χ0) is 7.56. The van der Waals surface area contributed by atoms with Crippen molar-refractivity contribution in [2.75, 3.05) is 7.11 Å². The zero-order valence-corrected chi connectivity index (χ0v) is 5.66. The van der Waals surface area contributed by atoms with Gasteiger partial charge < -0.3 is 9.84 Å². The fourth-order valence-electron chi connectivity index (χ4n) is 0.642. The number of nitrogens with zero attached hydrogens (tertiary/aromatic N) is 1. The molecule has 53 valence electrons. The van der Waals surface area contributed by atoms with E-state index in [1.165, 1.54) is 13.3 Å². The molecule has 0 fully saturated rings. The highest BCUT2D eigenvalue weighted by Gasteiger charge is 2.02. The molecule has 3 heteroatoms. The number of rotatable bonds is 1. The summed E-state index contributed by atoms with van der Waals surface area (Å²) >= 11 is 0. The lowest BCUT2D eigenvalue weighted by Gasteiger charge is -2.02. The molecular weight excluding hydrogens is 130 g/mol. The van der Waals surface area contributed by atoms with Gasteiger partial charge in [-0.3, -0.25) is 4.98 Å². The molecule has 0 spiro atoms. The second-order valence-corrected chi connectivity index (χ2v) is 1.81. The molecule has 1 radical (unpaired) electrons. The third kappa shape index (κ3) is 1.03. The molecule has 3 nitrogen and oxygen atoms in total. The Bertz CT molecular complexity index is 235. The van der Waals surface area contributed by atoms with Crippen LogP contribution >= 0.6 is 0 Å². The Morgan fingerprint density at radius 3 is 2.90 bits per heavy atom. The van der Waals surface area contributed by atoms with Crippen LogP contribution in [-0.2, 0) is 0 Å². The molecule has 0 bridgehead atoms. The highest BCUT2D eigenvalue weighted by Crippen LogP contribution is 2.26. The van der Waals surface area contributed by atoms with Crippen molar-refractivity contribution in [3.8, 4) is 11.5 Å². The highest BCUT2D eigenvalue weighted by atomic mass is 16.5. The van der Waals surface area contributed by atoms with Crippen LogP contribution in [0.5, 0.6) is 11.5 Å². The Morgan fingerprint density at radius 1 is 1.70 bits per heavy atom. The van der Waals surface area contributed by atoms with E-state index in [2.05, 4.69) is 11.9 Å². The van der Waals surface area contributed by atoms with Crippen LogP contribution in [-0.4, -0.2) is 17.2 Å². The maximum atomic E-state index is 9.15. The van der Waals surface area contributed by atoms with Crippen LogP contribution < -0.4 is 4.74 Å². The van der Waals surface area contributed by atoms with E-state index in [0.717, 1.165) is 0 Å². The number of hydrogen-bond donors (Lipinski definition) is 1. The molecule has 0 saturated carbocycles. The molecule has 0 aliphatic carbocycles. The molecule has 0 amide bonds. The van der Waals surface area contributed by atoms with Crippen molar-refractivity contribution in [1.29, 1.82) is 0 Å². The minimum atomic E-state index is 0.00463. The van der Waals surface area contributed by atoms with Gasteiger partial charge in [-0.15, -0.1) is 0 Å². The maximum absolute atomic E-state index is 9.15. The molecule has 0 aliphatic heterocycles. The Kier molecular flexibility index (Phi) is 1.76. The summed E-state index contributed by atoms with van der Waals surface area (Å²) in [6.45, 7) is 3.49. The van der Waals surface area contributed by atoms with Gasteiger partial charge in [0.2, 0.25) is 0 Å². The molecule has 0 atom stereocenters. The second-order valence-electron chi connectivity index (χ2n) is 1.81. The molecule has 1 aromatic heterocycles. The molecule has 1 rings (SSSR count). The first kappa shape index (κ1) is 6.86. The Balaban J connectivity index is 3.14. The zero-order valence-electron chi connectivity index (χ0n) is 5.66. The largest absolute Gasteiger partial charge is 0.503 e. The third-order valence-electron chi connectivity index (χ3n) is 1.18. The lowest BCUT2D eigenvalue weighted by atomic mass is 10.3. The Hall–Kier alpha value is -1.25. The first-order valence-corrected chi connectivity index (χ1v) is 2.79. The fourth-order valence-corrected chi connectivity index (χ4v) is 0.642. The van der Waals surface area contributed by atoms with E-state index in [4.69, 9.17) is 9.84 Å². The van der Waals surface area contributed by atoms with Crippen molar-refractivity contribution in [3.05, 3.63) is 24.9 Å². The highest BCUT2D eigenvalue weighted by molar-refractivity contribution is 5.42.